The van der Waals surface area contributed by atoms with Crippen molar-refractivity contribution >= 4 is 22.4 Å². The van der Waals surface area contributed by atoms with Crippen molar-refractivity contribution in [3.8, 4) is 11.3 Å². The van der Waals surface area contributed by atoms with Crippen molar-refractivity contribution in [3.63, 3.8) is 0 Å². The minimum atomic E-state index is -0.283. The van der Waals surface area contributed by atoms with Gasteiger partial charge in [-0.15, -0.1) is 11.3 Å². The molecule has 1 amide bonds. The number of hydrogen-bond acceptors (Lipinski definition) is 3. The summed E-state index contributed by atoms with van der Waals surface area (Å²) in [6.45, 7) is 3.83. The number of thiazole rings is 1. The number of nitrogens with one attached hydrogen (secondary N) is 1. The molecule has 23 heavy (non-hydrogen) atoms. The molecule has 1 N–H and O–H groups in total. The summed E-state index contributed by atoms with van der Waals surface area (Å²) in [5.74, 6) is -0.461. The molecule has 5 heteroatoms. The number of hydrogen-bond donors (Lipinski definition) is 1. The first-order valence-electron chi connectivity index (χ1n) is 7.15. The third-order valence-electron chi connectivity index (χ3n) is 3.52. The quantitative estimate of drug-likeness (QED) is 0.750. The second kappa shape index (κ2) is 6.30. The van der Waals surface area contributed by atoms with Crippen molar-refractivity contribution in [2.24, 2.45) is 0 Å². The number of amides is 1. The zero-order chi connectivity index (χ0) is 16.4. The van der Waals surface area contributed by atoms with Crippen molar-refractivity contribution in [1.82, 2.24) is 4.98 Å². The van der Waals surface area contributed by atoms with Crippen LogP contribution in [0.1, 0.15) is 20.8 Å². The predicted molar refractivity (Wildman–Crippen MR) is 91.4 cm³/mol. The summed E-state index contributed by atoms with van der Waals surface area (Å²) in [5, 5.41) is 3.37. The van der Waals surface area contributed by atoms with Gasteiger partial charge < -0.3 is 0 Å². The lowest BCUT2D eigenvalue weighted by molar-refractivity contribution is 0.102. The van der Waals surface area contributed by atoms with Crippen LogP contribution in [0.3, 0.4) is 0 Å². The summed E-state index contributed by atoms with van der Waals surface area (Å²) in [6, 6.07) is 13.6. The van der Waals surface area contributed by atoms with Crippen LogP contribution in [-0.4, -0.2) is 10.9 Å². The Bertz CT molecular complexity index is 856. The van der Waals surface area contributed by atoms with E-state index in [0.717, 1.165) is 21.7 Å². The third kappa shape index (κ3) is 3.29. The van der Waals surface area contributed by atoms with E-state index in [9.17, 15) is 9.18 Å². The highest BCUT2D eigenvalue weighted by Gasteiger charge is 2.14. The molecule has 0 fully saturated rings. The molecule has 3 nitrogen and oxygen atoms in total. The summed E-state index contributed by atoms with van der Waals surface area (Å²) in [5.41, 5.74) is 3.13. The molecule has 0 saturated heterocycles. The van der Waals surface area contributed by atoms with Crippen LogP contribution in [0.5, 0.6) is 0 Å². The molecule has 0 saturated carbocycles. The van der Waals surface area contributed by atoms with Crippen LogP contribution in [0.15, 0.2) is 48.5 Å². The number of aromatic nitrogens is 1. The number of aryl methyl sites for hydroxylation is 2. The van der Waals surface area contributed by atoms with Crippen molar-refractivity contribution in [1.29, 1.82) is 0 Å². The minimum absolute atomic E-state index is 0.178. The van der Waals surface area contributed by atoms with Gasteiger partial charge in [0.1, 0.15) is 5.82 Å². The van der Waals surface area contributed by atoms with Gasteiger partial charge in [0, 0.05) is 16.0 Å². The first kappa shape index (κ1) is 15.4. The Labute approximate surface area is 137 Å². The molecule has 1 heterocycles. The number of benzene rings is 2. The summed E-state index contributed by atoms with van der Waals surface area (Å²) < 4.78 is 13.0. The van der Waals surface area contributed by atoms with Gasteiger partial charge in [-0.25, -0.2) is 9.37 Å². The van der Waals surface area contributed by atoms with Crippen LogP contribution in [0, 0.1) is 19.7 Å². The molecule has 1 aromatic heterocycles. The number of anilines is 1. The van der Waals surface area contributed by atoms with Crippen LogP contribution in [-0.2, 0) is 0 Å². The van der Waals surface area contributed by atoms with Crippen LogP contribution >= 0.6 is 11.3 Å². The first-order valence-corrected chi connectivity index (χ1v) is 7.96. The van der Waals surface area contributed by atoms with Gasteiger partial charge in [-0.05, 0) is 49.7 Å². The van der Waals surface area contributed by atoms with Crippen molar-refractivity contribution < 1.29 is 9.18 Å². The van der Waals surface area contributed by atoms with E-state index < -0.39 is 0 Å². The first-order chi connectivity index (χ1) is 11.0. The SMILES string of the molecule is Cc1ccccc1C(=O)Nc1nc(-c2ccc(F)cc2)c(C)s1. The fraction of sp³-hybridized carbons (Fsp3) is 0.111. The Hall–Kier alpha value is -2.53. The lowest BCUT2D eigenvalue weighted by atomic mass is 10.1. The molecule has 0 atom stereocenters. The van der Waals surface area contributed by atoms with Gasteiger partial charge in [0.15, 0.2) is 5.13 Å². The average Bonchev–Trinajstić information content (AvgIpc) is 2.89. The highest BCUT2D eigenvalue weighted by atomic mass is 32.1. The lowest BCUT2D eigenvalue weighted by Gasteiger charge is -2.04. The fourth-order valence-electron chi connectivity index (χ4n) is 2.32. The minimum Gasteiger partial charge on any atom is -0.298 e. The Kier molecular flexibility index (Phi) is 4.21. The van der Waals surface area contributed by atoms with E-state index >= 15 is 0 Å². The van der Waals surface area contributed by atoms with E-state index in [1.54, 1.807) is 18.2 Å². The molecular formula is C18H15FN2OS. The third-order valence-corrected chi connectivity index (χ3v) is 4.41. The van der Waals surface area contributed by atoms with E-state index in [-0.39, 0.29) is 11.7 Å². The number of nitrogens with zero attached hydrogens (tertiary/aromatic N) is 1. The Morgan fingerprint density at radius 3 is 2.48 bits per heavy atom. The number of carbonyl (C=O) groups excluding carboxylic acids is 1. The zero-order valence-corrected chi connectivity index (χ0v) is 13.6. The van der Waals surface area contributed by atoms with E-state index in [1.165, 1.54) is 23.5 Å². The van der Waals surface area contributed by atoms with E-state index in [2.05, 4.69) is 10.3 Å². The van der Waals surface area contributed by atoms with Gasteiger partial charge in [0.25, 0.3) is 5.91 Å². The summed E-state index contributed by atoms with van der Waals surface area (Å²) in [4.78, 5) is 17.8. The summed E-state index contributed by atoms with van der Waals surface area (Å²) in [7, 11) is 0. The Morgan fingerprint density at radius 2 is 1.78 bits per heavy atom. The predicted octanol–water partition coefficient (Wildman–Crippen LogP) is 4.82. The van der Waals surface area contributed by atoms with Gasteiger partial charge in [-0.1, -0.05) is 18.2 Å². The van der Waals surface area contributed by atoms with E-state index in [0.29, 0.717) is 10.7 Å². The molecule has 116 valence electrons. The van der Waals surface area contributed by atoms with Crippen molar-refractivity contribution in [3.05, 3.63) is 70.4 Å². The lowest BCUT2D eigenvalue weighted by Crippen LogP contribution is -2.12. The monoisotopic (exact) mass is 326 g/mol. The molecule has 0 unspecified atom stereocenters. The maximum atomic E-state index is 13.0. The summed E-state index contributed by atoms with van der Waals surface area (Å²) in [6.07, 6.45) is 0. The highest BCUT2D eigenvalue weighted by molar-refractivity contribution is 7.16. The average molecular weight is 326 g/mol. The van der Waals surface area contributed by atoms with Crippen LogP contribution in [0.4, 0.5) is 9.52 Å². The zero-order valence-electron chi connectivity index (χ0n) is 12.8. The highest BCUT2D eigenvalue weighted by Crippen LogP contribution is 2.30. The maximum absolute atomic E-state index is 13.0. The van der Waals surface area contributed by atoms with Crippen molar-refractivity contribution in [2.45, 2.75) is 13.8 Å². The smallest absolute Gasteiger partial charge is 0.257 e. The van der Waals surface area contributed by atoms with Crippen LogP contribution < -0.4 is 5.32 Å². The number of rotatable bonds is 3. The maximum Gasteiger partial charge on any atom is 0.257 e. The van der Waals surface area contributed by atoms with Gasteiger partial charge in [-0.2, -0.15) is 0 Å². The van der Waals surface area contributed by atoms with Crippen LogP contribution in [0.2, 0.25) is 0 Å². The normalized spacial score (nSPS) is 10.6. The molecule has 0 bridgehead atoms. The van der Waals surface area contributed by atoms with Crippen molar-refractivity contribution in [2.75, 3.05) is 5.32 Å². The molecule has 0 aliphatic heterocycles. The van der Waals surface area contributed by atoms with Gasteiger partial charge >= 0.3 is 0 Å². The van der Waals surface area contributed by atoms with Gasteiger partial charge in [0.2, 0.25) is 0 Å². The van der Waals surface area contributed by atoms with Crippen LogP contribution in [0.25, 0.3) is 11.3 Å². The molecule has 3 aromatic rings. The van der Waals surface area contributed by atoms with Gasteiger partial charge in [0.05, 0.1) is 5.69 Å². The van der Waals surface area contributed by atoms with E-state index in [4.69, 9.17) is 0 Å². The molecule has 0 aliphatic carbocycles. The largest absolute Gasteiger partial charge is 0.298 e. The molecule has 2 aromatic carbocycles. The Balaban J connectivity index is 1.85. The molecule has 0 spiro atoms. The molecule has 0 radical (unpaired) electrons. The fourth-order valence-corrected chi connectivity index (χ4v) is 3.15. The molecular weight excluding hydrogens is 311 g/mol. The van der Waals surface area contributed by atoms with Gasteiger partial charge in [-0.3, -0.25) is 10.1 Å². The summed E-state index contributed by atoms with van der Waals surface area (Å²) >= 11 is 1.41. The number of carbonyl (C=O) groups is 1. The standard InChI is InChI=1S/C18H15FN2OS/c1-11-5-3-4-6-15(11)17(22)21-18-20-16(12(2)23-18)13-7-9-14(19)10-8-13/h3-10H,1-2H3,(H,20,21,22). The second-order valence-electron chi connectivity index (χ2n) is 5.20. The van der Waals surface area contributed by atoms with E-state index in [1.807, 2.05) is 32.0 Å². The number of halogens is 1. The topological polar surface area (TPSA) is 42.0 Å². The second-order valence-corrected chi connectivity index (χ2v) is 6.40. The Morgan fingerprint density at radius 1 is 1.09 bits per heavy atom. The molecule has 3 rings (SSSR count). The molecule has 0 aliphatic rings.